The average molecular weight is 419 g/mol. The van der Waals surface area contributed by atoms with Gasteiger partial charge in [0.2, 0.25) is 0 Å². The number of rotatable bonds is 4. The second-order valence-corrected chi connectivity index (χ2v) is 6.10. The van der Waals surface area contributed by atoms with Crippen molar-refractivity contribution >= 4 is 38.5 Å². The molecule has 0 spiro atoms. The van der Waals surface area contributed by atoms with Gasteiger partial charge in [0.05, 0.1) is 21.5 Å². The van der Waals surface area contributed by atoms with Crippen molar-refractivity contribution < 1.29 is 0 Å². The van der Waals surface area contributed by atoms with Gasteiger partial charge in [0.1, 0.15) is 0 Å². The zero-order chi connectivity index (χ0) is 13.1. The summed E-state index contributed by atoms with van der Waals surface area (Å²) in [6.45, 7) is 5.18. The minimum atomic E-state index is 0.834. The number of halogens is 2. The predicted octanol–water partition coefficient (Wildman–Crippen LogP) is 4.42. The lowest BCUT2D eigenvalue weighted by molar-refractivity contribution is 0.638. The van der Waals surface area contributed by atoms with Crippen molar-refractivity contribution in [3.05, 3.63) is 49.3 Å². The Morgan fingerprint density at radius 3 is 2.56 bits per heavy atom. The molecule has 0 fully saturated rings. The van der Waals surface area contributed by atoms with Crippen molar-refractivity contribution in [2.75, 3.05) is 0 Å². The molecule has 0 aliphatic rings. The topological polar surface area (TPSA) is 17.8 Å². The molecular weight excluding hydrogens is 403 g/mol. The lowest BCUT2D eigenvalue weighted by Crippen LogP contribution is -2.06. The van der Waals surface area contributed by atoms with Crippen LogP contribution in [0.3, 0.4) is 0 Å². The van der Waals surface area contributed by atoms with E-state index < -0.39 is 0 Å². The van der Waals surface area contributed by atoms with Crippen LogP contribution >= 0.6 is 38.5 Å². The molecule has 1 heterocycles. The van der Waals surface area contributed by atoms with Crippen molar-refractivity contribution in [2.45, 2.75) is 33.2 Å². The Morgan fingerprint density at radius 1 is 1.22 bits per heavy atom. The molecule has 0 saturated carbocycles. The van der Waals surface area contributed by atoms with E-state index in [1.54, 1.807) is 0 Å². The Morgan fingerprint density at radius 2 is 1.94 bits per heavy atom. The van der Waals surface area contributed by atoms with E-state index in [2.05, 4.69) is 75.2 Å². The summed E-state index contributed by atoms with van der Waals surface area (Å²) in [7, 11) is 0. The summed E-state index contributed by atoms with van der Waals surface area (Å²) in [6.07, 6.45) is 2.02. The van der Waals surface area contributed by atoms with Crippen LogP contribution in [0.25, 0.3) is 0 Å². The van der Waals surface area contributed by atoms with E-state index in [-0.39, 0.29) is 0 Å². The normalized spacial score (nSPS) is 10.9. The Labute approximate surface area is 130 Å². The van der Waals surface area contributed by atoms with E-state index in [4.69, 9.17) is 5.10 Å². The molecule has 2 nitrogen and oxygen atoms in total. The fourth-order valence-corrected chi connectivity index (χ4v) is 3.57. The van der Waals surface area contributed by atoms with Gasteiger partial charge in [0.15, 0.2) is 0 Å². The first-order chi connectivity index (χ1) is 8.67. The van der Waals surface area contributed by atoms with Crippen molar-refractivity contribution in [2.24, 2.45) is 0 Å². The van der Waals surface area contributed by atoms with E-state index in [9.17, 15) is 0 Å². The molecule has 0 amide bonds. The third-order valence-corrected chi connectivity index (χ3v) is 5.03. The van der Waals surface area contributed by atoms with Crippen molar-refractivity contribution in [1.29, 1.82) is 0 Å². The van der Waals surface area contributed by atoms with E-state index in [1.165, 1.54) is 20.5 Å². The van der Waals surface area contributed by atoms with E-state index >= 15 is 0 Å². The summed E-state index contributed by atoms with van der Waals surface area (Å²) in [6, 6.07) is 8.33. The maximum atomic E-state index is 4.72. The number of aryl methyl sites for hydroxylation is 1. The molecule has 0 bridgehead atoms. The molecular formula is C14H16BrIN2. The van der Waals surface area contributed by atoms with Crippen LogP contribution in [-0.2, 0) is 19.4 Å². The highest BCUT2D eigenvalue weighted by Crippen LogP contribution is 2.22. The van der Waals surface area contributed by atoms with Gasteiger partial charge in [-0.2, -0.15) is 5.10 Å². The molecule has 0 aliphatic heterocycles. The van der Waals surface area contributed by atoms with Gasteiger partial charge in [-0.15, -0.1) is 0 Å². The molecule has 2 rings (SSSR count). The molecule has 18 heavy (non-hydrogen) atoms. The van der Waals surface area contributed by atoms with Crippen LogP contribution in [0.5, 0.6) is 0 Å². The van der Waals surface area contributed by atoms with Crippen LogP contribution in [-0.4, -0.2) is 9.78 Å². The second kappa shape index (κ2) is 6.19. The van der Waals surface area contributed by atoms with Crippen LogP contribution in [0.1, 0.15) is 30.8 Å². The van der Waals surface area contributed by atoms with Crippen molar-refractivity contribution in [3.63, 3.8) is 0 Å². The number of nitrogens with zero attached hydrogens (tertiary/aromatic N) is 2. The zero-order valence-electron chi connectivity index (χ0n) is 10.6. The minimum absolute atomic E-state index is 0.834. The third-order valence-electron chi connectivity index (χ3n) is 3.01. The summed E-state index contributed by atoms with van der Waals surface area (Å²) >= 11 is 6.02. The highest BCUT2D eigenvalue weighted by molar-refractivity contribution is 14.1. The van der Waals surface area contributed by atoms with Gasteiger partial charge in [-0.25, -0.2) is 0 Å². The lowest BCUT2D eigenvalue weighted by Gasteiger charge is -2.08. The number of hydrogen-bond donors (Lipinski definition) is 0. The molecule has 1 aromatic carbocycles. The first kappa shape index (κ1) is 14.1. The van der Waals surface area contributed by atoms with Gasteiger partial charge in [-0.05, 0) is 47.1 Å². The number of aromatic nitrogens is 2. The maximum absolute atomic E-state index is 4.72. The fraction of sp³-hybridized carbons (Fsp3) is 0.357. The summed E-state index contributed by atoms with van der Waals surface area (Å²) < 4.78 is 4.61. The molecule has 0 atom stereocenters. The SMILES string of the molecule is CCc1nn(Cc2ccccc2Br)c(CC)c1I. The quantitative estimate of drug-likeness (QED) is 0.672. The second-order valence-electron chi connectivity index (χ2n) is 4.16. The Kier molecular flexibility index (Phi) is 4.84. The lowest BCUT2D eigenvalue weighted by atomic mass is 10.2. The van der Waals surface area contributed by atoms with Crippen LogP contribution < -0.4 is 0 Å². The fourth-order valence-electron chi connectivity index (χ4n) is 2.01. The molecule has 1 aromatic heterocycles. The van der Waals surface area contributed by atoms with E-state index in [0.29, 0.717) is 0 Å². The van der Waals surface area contributed by atoms with E-state index in [0.717, 1.165) is 23.9 Å². The van der Waals surface area contributed by atoms with Crippen LogP contribution in [0, 0.1) is 3.57 Å². The molecule has 2 aromatic rings. The molecule has 0 saturated heterocycles. The standard InChI is InChI=1S/C14H16BrIN2/c1-3-12-14(16)13(4-2)18(17-12)9-10-7-5-6-8-11(10)15/h5-8H,3-4,9H2,1-2H3. The average Bonchev–Trinajstić information content (AvgIpc) is 2.68. The largest absolute Gasteiger partial charge is 0.264 e. The highest BCUT2D eigenvalue weighted by Gasteiger charge is 2.13. The molecule has 0 unspecified atom stereocenters. The van der Waals surface area contributed by atoms with Crippen molar-refractivity contribution in [1.82, 2.24) is 9.78 Å². The van der Waals surface area contributed by atoms with Gasteiger partial charge in [0, 0.05) is 4.47 Å². The molecule has 0 radical (unpaired) electrons. The smallest absolute Gasteiger partial charge is 0.0758 e. The molecule has 0 N–H and O–H groups in total. The first-order valence-electron chi connectivity index (χ1n) is 6.14. The third kappa shape index (κ3) is 2.79. The Balaban J connectivity index is 2.37. The Bertz CT molecular complexity index is 549. The maximum Gasteiger partial charge on any atom is 0.0758 e. The molecule has 4 heteroatoms. The number of hydrogen-bond acceptors (Lipinski definition) is 1. The minimum Gasteiger partial charge on any atom is -0.264 e. The summed E-state index contributed by atoms with van der Waals surface area (Å²) in [4.78, 5) is 0. The number of benzene rings is 1. The van der Waals surface area contributed by atoms with Gasteiger partial charge < -0.3 is 0 Å². The summed E-state index contributed by atoms with van der Waals surface area (Å²) in [5.41, 5.74) is 3.82. The van der Waals surface area contributed by atoms with Crippen LogP contribution in [0.2, 0.25) is 0 Å². The summed E-state index contributed by atoms with van der Waals surface area (Å²) in [5.74, 6) is 0. The van der Waals surface area contributed by atoms with Gasteiger partial charge in [0.25, 0.3) is 0 Å². The Hall–Kier alpha value is -0.360. The predicted molar refractivity (Wildman–Crippen MR) is 86.9 cm³/mol. The molecule has 0 aliphatic carbocycles. The summed E-state index contributed by atoms with van der Waals surface area (Å²) in [5, 5.41) is 4.72. The molecule has 96 valence electrons. The van der Waals surface area contributed by atoms with Gasteiger partial charge in [-0.1, -0.05) is 48.0 Å². The highest BCUT2D eigenvalue weighted by atomic mass is 127. The zero-order valence-corrected chi connectivity index (χ0v) is 14.3. The van der Waals surface area contributed by atoms with Crippen molar-refractivity contribution in [3.8, 4) is 0 Å². The van der Waals surface area contributed by atoms with E-state index in [1.807, 2.05) is 6.07 Å². The van der Waals surface area contributed by atoms with Crippen LogP contribution in [0.15, 0.2) is 28.7 Å². The first-order valence-corrected chi connectivity index (χ1v) is 8.02. The monoisotopic (exact) mass is 418 g/mol. The van der Waals surface area contributed by atoms with Gasteiger partial charge in [-0.3, -0.25) is 4.68 Å². The van der Waals surface area contributed by atoms with Gasteiger partial charge >= 0.3 is 0 Å². The van der Waals surface area contributed by atoms with Crippen LogP contribution in [0.4, 0.5) is 0 Å².